The number of aliphatic carboxylic acids is 2. The van der Waals surface area contributed by atoms with Crippen LogP contribution in [-0.2, 0) is 167 Å². The summed E-state index contributed by atoms with van der Waals surface area (Å²) in [6.45, 7) is 30.3. The first kappa shape index (κ1) is 132. The van der Waals surface area contributed by atoms with E-state index in [-0.39, 0.29) is 185 Å². The van der Waals surface area contributed by atoms with Gasteiger partial charge in [-0.2, -0.15) is 0 Å². The molecule has 38 heteroatoms. The van der Waals surface area contributed by atoms with Gasteiger partial charge in [-0.25, -0.2) is 0 Å². The largest absolute Gasteiger partial charge is 0.481 e. The lowest BCUT2D eigenvalue weighted by atomic mass is 9.91. The van der Waals surface area contributed by atoms with Gasteiger partial charge in [0.1, 0.15) is 60.0 Å². The van der Waals surface area contributed by atoms with Crippen molar-refractivity contribution in [1.29, 1.82) is 0 Å². The first-order valence-corrected chi connectivity index (χ1v) is 46.5. The standard InChI is InChI=1S/C19H33NO6.C18H32N2O6.C17H24O5.C12H16O3.C11H15NO3.C10H18O5.C9H17NO2.C5H10O3/c1-12(2)7-15(17(22)19(4)11-26-19)20-18(23)14(10-25-6)8-16(21)13(3)9-24-5;1-11(2)6-14(16(22)18(3)10-26-18)20-17(23)12(8-24-4)7-15(21)13(19)9-25-5;1-13(10-20-2)16(18)9-15(12-21-3)17(19)22-11-14-7-5-4-6-8-14;1-10(8-14-2)12(13)15-9-11-6-4-3-5-7-11;1-14-8-10(12)11(13)15-7-9-5-3-2-4-6-9;1-7(5-14-2)9(11)4-8(6-15-3)10(12)13;1-6(2)4-7(10)8(11)9(3)5-12-9;1-4(3-8-2)5(6)7/h12-15H,7-11H2,1-6H3,(H,20,23);11-14H,6-10,19H2,1-5H3,(H,20,23);4-8,13,15H,9-12H2,1-3H3;3-7,10H,8-9H2,1-2H3;2-6,10H,7-8,12H2,1H3;7-8H,4-6H2,1-3H3,(H,12,13);6-7H,4-5,10H2,1-3H3;4H,3H2,1-2H3,(H,6,7)/t13-,14-,15-,19+;12-,13-,14-,18+;13-,15-;2*10-;7-,8-;7-,9+;4-/m00000000/s1. The third kappa shape index (κ3) is 58.8. The maximum Gasteiger partial charge on any atom is 0.325 e. The van der Waals surface area contributed by atoms with Crippen LogP contribution in [0, 0.1) is 71.0 Å². The molecule has 0 radical (unpaired) electrons. The van der Waals surface area contributed by atoms with E-state index in [0.29, 0.717) is 71.6 Å². The predicted molar refractivity (Wildman–Crippen MR) is 517 cm³/mol. The highest BCUT2D eigenvalue weighted by molar-refractivity contribution is 5.99. The van der Waals surface area contributed by atoms with Crippen LogP contribution in [0.2, 0.25) is 0 Å². The number of methoxy groups -OCH3 is 11. The lowest BCUT2D eigenvalue weighted by Crippen LogP contribution is -2.50. The zero-order valence-electron chi connectivity index (χ0n) is 86.7. The van der Waals surface area contributed by atoms with Crippen LogP contribution in [-0.4, -0.2) is 310 Å². The van der Waals surface area contributed by atoms with E-state index in [2.05, 4.69) is 29.2 Å². The van der Waals surface area contributed by atoms with E-state index in [1.165, 1.54) is 64.0 Å². The molecule has 3 aliphatic rings. The van der Waals surface area contributed by atoms with Gasteiger partial charge in [0.2, 0.25) is 11.8 Å². The molecule has 3 aromatic rings. The number of carboxylic acids is 2. The first-order valence-electron chi connectivity index (χ1n) is 46.5. The fraction of sp³-hybridized carbons (Fsp3) is 0.683. The minimum Gasteiger partial charge on any atom is -0.481 e. The van der Waals surface area contributed by atoms with Crippen LogP contribution in [0.15, 0.2) is 91.0 Å². The molecule has 139 heavy (non-hydrogen) atoms. The summed E-state index contributed by atoms with van der Waals surface area (Å²) in [4.78, 5) is 166. The van der Waals surface area contributed by atoms with Crippen LogP contribution >= 0.6 is 0 Å². The number of benzene rings is 3. The van der Waals surface area contributed by atoms with Crippen LogP contribution in [0.1, 0.15) is 159 Å². The van der Waals surface area contributed by atoms with Crippen LogP contribution in [0.4, 0.5) is 0 Å². The summed E-state index contributed by atoms with van der Waals surface area (Å²) < 4.78 is 84.7. The highest BCUT2D eigenvalue weighted by Gasteiger charge is 2.52. The summed E-state index contributed by atoms with van der Waals surface area (Å²) in [6, 6.07) is 25.3. The second kappa shape index (κ2) is 74.0. The molecule has 0 bridgehead atoms. The molecule has 2 amide bonds. The molecular weight excluding hydrogens is 1810 g/mol. The summed E-state index contributed by atoms with van der Waals surface area (Å²) >= 11 is 0. The second-order valence-electron chi connectivity index (χ2n) is 36.4. The first-order chi connectivity index (χ1) is 65.5. The van der Waals surface area contributed by atoms with Crippen molar-refractivity contribution >= 4 is 82.1 Å². The highest BCUT2D eigenvalue weighted by atomic mass is 16.6. The lowest BCUT2D eigenvalue weighted by Gasteiger charge is -2.24. The number of nitrogens with one attached hydrogen (secondary N) is 2. The number of rotatable bonds is 61. The Hall–Kier alpha value is -9.04. The summed E-state index contributed by atoms with van der Waals surface area (Å²) in [7, 11) is 16.4. The quantitative estimate of drug-likeness (QED) is 0.0160. The minimum atomic E-state index is -1.00. The monoisotopic (exact) mass is 1980 g/mol. The van der Waals surface area contributed by atoms with Crippen LogP contribution in [0.25, 0.3) is 0 Å². The number of ether oxygens (including phenoxy) is 17. The Morgan fingerprint density at radius 3 is 0.878 bits per heavy atom. The molecule has 3 aromatic carbocycles. The van der Waals surface area contributed by atoms with Gasteiger partial charge >= 0.3 is 29.8 Å². The Morgan fingerprint density at radius 1 is 0.309 bits per heavy atom. The van der Waals surface area contributed by atoms with Gasteiger partial charge in [0.05, 0.1) is 152 Å². The average molecular weight is 1980 g/mol. The third-order valence-electron chi connectivity index (χ3n) is 21.4. The number of ketones is 7. The zero-order valence-corrected chi connectivity index (χ0v) is 86.7. The van der Waals surface area contributed by atoms with Gasteiger partial charge in [-0.1, -0.05) is 153 Å². The molecule has 0 aromatic heterocycles. The number of amides is 2. The van der Waals surface area contributed by atoms with Crippen molar-refractivity contribution in [2.45, 2.75) is 209 Å². The van der Waals surface area contributed by atoms with Gasteiger partial charge in [0.15, 0.2) is 23.1 Å². The maximum absolute atomic E-state index is 12.7. The number of Topliss-reactive ketones (excluding diaryl/α,β-unsaturated/α-hetero) is 7. The number of carbonyl (C=O) groups excluding carboxylic acids is 12. The van der Waals surface area contributed by atoms with Crippen molar-refractivity contribution in [3.63, 3.8) is 0 Å². The van der Waals surface area contributed by atoms with Crippen molar-refractivity contribution < 1.29 is 158 Å². The molecule has 3 saturated heterocycles. The number of hydrogen-bond acceptors (Lipinski definition) is 34. The van der Waals surface area contributed by atoms with E-state index >= 15 is 0 Å². The number of epoxide rings is 3. The molecule has 17 atom stereocenters. The maximum atomic E-state index is 12.7. The molecule has 3 heterocycles. The number of carbonyl (C=O) groups is 14. The smallest absolute Gasteiger partial charge is 0.325 e. The van der Waals surface area contributed by atoms with E-state index in [1.54, 1.807) is 69.6 Å². The van der Waals surface area contributed by atoms with Crippen molar-refractivity contribution in [3.8, 4) is 0 Å². The van der Waals surface area contributed by atoms with Crippen LogP contribution in [0.3, 0.4) is 0 Å². The molecule has 38 nitrogen and oxygen atoms in total. The topological polar surface area (TPSA) is 548 Å². The molecule has 0 aliphatic carbocycles. The normalized spacial score (nSPS) is 18.2. The summed E-state index contributed by atoms with van der Waals surface area (Å²) in [5.74, 6) is -7.51. The number of carboxylic acid groups (broad SMARTS) is 2. The highest BCUT2D eigenvalue weighted by Crippen LogP contribution is 2.32. The van der Waals surface area contributed by atoms with Gasteiger partial charge < -0.3 is 119 Å². The molecule has 6 rings (SSSR count). The molecule has 3 fully saturated rings. The van der Waals surface area contributed by atoms with Gasteiger partial charge in [0.25, 0.3) is 0 Å². The van der Waals surface area contributed by atoms with Gasteiger partial charge in [-0.3, -0.25) is 67.1 Å². The predicted octanol–water partition coefficient (Wildman–Crippen LogP) is 8.05. The molecule has 10 N–H and O–H groups in total. The second-order valence-corrected chi connectivity index (χ2v) is 36.4. The Bertz CT molecular complexity index is 3840. The Balaban J connectivity index is 0. The summed E-state index contributed by atoms with van der Waals surface area (Å²) in [6.07, 6.45) is 1.86. The van der Waals surface area contributed by atoms with Crippen LogP contribution in [0.5, 0.6) is 0 Å². The van der Waals surface area contributed by atoms with Gasteiger partial charge in [-0.15, -0.1) is 0 Å². The zero-order chi connectivity index (χ0) is 106. The van der Waals surface area contributed by atoms with Crippen molar-refractivity contribution in [3.05, 3.63) is 108 Å². The summed E-state index contributed by atoms with van der Waals surface area (Å²) in [5, 5.41) is 22.6. The van der Waals surface area contributed by atoms with Crippen LogP contribution < -0.4 is 27.8 Å². The molecular formula is C101H165N5O33. The van der Waals surface area contributed by atoms with E-state index < -0.39 is 94.4 Å². The Labute approximate surface area is 822 Å². The SMILES string of the molecule is CC(C)C[C@H](N)C(=O)[C@@]1(C)CO1.COC[C@H](C)C(=O)O.COC[C@H](C)C(=O)OCc1ccccc1.COC[C@H](CC(=O)[C@@H](C)COC)C(=O)N[C@@H](CC(C)C)C(=O)[C@@]1(C)CO1.COC[C@H](CC(=O)[C@@H](C)COC)C(=O)O.COC[C@H](CC(=O)[C@@H](C)COC)C(=O)OCc1ccccc1.COC[C@H](CC(=O)[C@@H](N)COC)C(=O)N[C@@H](CC(C)C)C(=O)[C@@]1(C)CO1.COC[C@H](N)C(=O)OCc1ccccc1. The van der Waals surface area contributed by atoms with Gasteiger partial charge in [0, 0.05) is 122 Å². The molecule has 0 spiro atoms. The fourth-order valence-corrected chi connectivity index (χ4v) is 12.6. The molecule has 0 saturated carbocycles. The third-order valence-corrected chi connectivity index (χ3v) is 21.4. The Morgan fingerprint density at radius 2 is 0.576 bits per heavy atom. The van der Waals surface area contributed by atoms with E-state index in [9.17, 15) is 67.1 Å². The van der Waals surface area contributed by atoms with E-state index in [4.69, 9.17) is 103 Å². The number of nitrogens with two attached hydrogens (primary N) is 3. The van der Waals surface area contributed by atoms with Gasteiger partial charge in [-0.05, 0) is 88.3 Å². The molecule has 3 aliphatic heterocycles. The minimum absolute atomic E-state index is 0.00625. The van der Waals surface area contributed by atoms with E-state index in [1.807, 2.05) is 119 Å². The Kier molecular flexibility index (Phi) is 70.2. The van der Waals surface area contributed by atoms with E-state index in [0.717, 1.165) is 23.1 Å². The lowest BCUT2D eigenvalue weighted by molar-refractivity contribution is -0.154. The number of esters is 3. The summed E-state index contributed by atoms with van der Waals surface area (Å²) in [5.41, 5.74) is 17.6. The fourth-order valence-electron chi connectivity index (χ4n) is 12.6. The average Bonchev–Trinajstić information content (AvgIpc) is 1.65. The number of hydrogen-bond donors (Lipinski definition) is 7. The molecule has 0 unspecified atom stereocenters. The van der Waals surface area contributed by atoms with Crippen molar-refractivity contribution in [2.75, 3.05) is 171 Å². The van der Waals surface area contributed by atoms with Crippen molar-refractivity contribution in [1.82, 2.24) is 10.6 Å². The van der Waals surface area contributed by atoms with Crippen molar-refractivity contribution in [2.24, 2.45) is 88.2 Å². The molecule has 792 valence electrons.